The number of nitrogens with two attached hydrogens (primary N) is 1. The van der Waals surface area contributed by atoms with Crippen LogP contribution in [-0.2, 0) is 0 Å². The van der Waals surface area contributed by atoms with Gasteiger partial charge in [0.25, 0.3) is 5.91 Å². The van der Waals surface area contributed by atoms with E-state index in [1.807, 2.05) is 31.2 Å². The molecule has 2 aromatic rings. The van der Waals surface area contributed by atoms with Gasteiger partial charge in [-0.2, -0.15) is 0 Å². The summed E-state index contributed by atoms with van der Waals surface area (Å²) in [6, 6.07) is 12.6. The first kappa shape index (κ1) is 15.4. The molecule has 21 heavy (non-hydrogen) atoms. The number of nitrogens with one attached hydrogen (secondary N) is 1. The maximum atomic E-state index is 12.3. The lowest BCUT2D eigenvalue weighted by Gasteiger charge is -2.15. The fourth-order valence-electron chi connectivity index (χ4n) is 1.97. The molecule has 0 spiro atoms. The van der Waals surface area contributed by atoms with Gasteiger partial charge in [-0.3, -0.25) is 4.79 Å². The minimum Gasteiger partial charge on any atom is -0.497 e. The Hall–Kier alpha value is -2.01. The maximum absolute atomic E-state index is 12.3. The number of hydrogen-bond donors (Lipinski definition) is 2. The Kier molecular flexibility index (Phi) is 4.85. The minimum absolute atomic E-state index is 0.114. The smallest absolute Gasteiger partial charge is 0.252 e. The van der Waals surface area contributed by atoms with Gasteiger partial charge in [-0.1, -0.05) is 12.1 Å². The number of anilines is 1. The van der Waals surface area contributed by atoms with Crippen LogP contribution in [0.1, 0.15) is 28.9 Å². The Morgan fingerprint density at radius 3 is 2.52 bits per heavy atom. The molecule has 4 nitrogen and oxygen atoms in total. The average molecular weight is 349 g/mol. The summed E-state index contributed by atoms with van der Waals surface area (Å²) in [4.78, 5) is 12.3. The molecule has 0 saturated carbocycles. The molecule has 5 heteroatoms. The average Bonchev–Trinajstić information content (AvgIpc) is 2.49. The van der Waals surface area contributed by atoms with E-state index in [1.165, 1.54) is 0 Å². The van der Waals surface area contributed by atoms with Crippen molar-refractivity contribution in [3.8, 4) is 5.75 Å². The number of amides is 1. The SMILES string of the molecule is COc1ccc(C(C)NC(=O)c2cc(N)ccc2Br)cc1. The van der Waals surface area contributed by atoms with Crippen molar-refractivity contribution in [2.75, 3.05) is 12.8 Å². The summed E-state index contributed by atoms with van der Waals surface area (Å²) >= 11 is 3.36. The van der Waals surface area contributed by atoms with E-state index in [2.05, 4.69) is 21.2 Å². The fourth-order valence-corrected chi connectivity index (χ4v) is 2.39. The van der Waals surface area contributed by atoms with E-state index in [1.54, 1.807) is 25.3 Å². The largest absolute Gasteiger partial charge is 0.497 e. The minimum atomic E-state index is -0.169. The van der Waals surface area contributed by atoms with E-state index in [0.717, 1.165) is 15.8 Å². The first-order valence-electron chi connectivity index (χ1n) is 6.51. The van der Waals surface area contributed by atoms with E-state index in [0.29, 0.717) is 11.3 Å². The predicted octanol–water partition coefficient (Wildman–Crippen LogP) is 3.53. The van der Waals surface area contributed by atoms with Gasteiger partial charge >= 0.3 is 0 Å². The molecule has 0 fully saturated rings. The quantitative estimate of drug-likeness (QED) is 0.830. The number of carbonyl (C=O) groups is 1. The van der Waals surface area contributed by atoms with E-state index in [4.69, 9.17) is 10.5 Å². The normalized spacial score (nSPS) is 11.8. The van der Waals surface area contributed by atoms with Crippen molar-refractivity contribution in [2.45, 2.75) is 13.0 Å². The summed E-state index contributed by atoms with van der Waals surface area (Å²) in [6.07, 6.45) is 0. The summed E-state index contributed by atoms with van der Waals surface area (Å²) < 4.78 is 5.84. The number of benzene rings is 2. The van der Waals surface area contributed by atoms with E-state index in [9.17, 15) is 4.79 Å². The van der Waals surface area contributed by atoms with Crippen LogP contribution in [0.15, 0.2) is 46.9 Å². The van der Waals surface area contributed by atoms with Crippen molar-refractivity contribution < 1.29 is 9.53 Å². The van der Waals surface area contributed by atoms with Crippen molar-refractivity contribution in [1.82, 2.24) is 5.32 Å². The van der Waals surface area contributed by atoms with Crippen molar-refractivity contribution in [3.63, 3.8) is 0 Å². The molecule has 1 atom stereocenters. The van der Waals surface area contributed by atoms with Crippen LogP contribution in [0.25, 0.3) is 0 Å². The van der Waals surface area contributed by atoms with Gasteiger partial charge in [0.1, 0.15) is 5.75 Å². The van der Waals surface area contributed by atoms with E-state index < -0.39 is 0 Å². The lowest BCUT2D eigenvalue weighted by atomic mass is 10.1. The van der Waals surface area contributed by atoms with Crippen LogP contribution in [-0.4, -0.2) is 13.0 Å². The van der Waals surface area contributed by atoms with Gasteiger partial charge < -0.3 is 15.8 Å². The molecule has 1 amide bonds. The van der Waals surface area contributed by atoms with Crippen molar-refractivity contribution in [2.24, 2.45) is 0 Å². The molecule has 0 aliphatic carbocycles. The summed E-state index contributed by atoms with van der Waals surface area (Å²) in [5.74, 6) is 0.619. The van der Waals surface area contributed by atoms with Gasteiger partial charge in [0, 0.05) is 10.2 Å². The molecule has 0 saturated heterocycles. The highest BCUT2D eigenvalue weighted by Gasteiger charge is 2.14. The van der Waals surface area contributed by atoms with Crippen molar-refractivity contribution in [1.29, 1.82) is 0 Å². The molecular formula is C16H17BrN2O2. The number of halogens is 1. The Bertz CT molecular complexity index is 641. The highest BCUT2D eigenvalue weighted by atomic mass is 79.9. The molecule has 1 unspecified atom stereocenters. The zero-order valence-electron chi connectivity index (χ0n) is 11.9. The Morgan fingerprint density at radius 1 is 1.24 bits per heavy atom. The number of rotatable bonds is 4. The molecule has 0 heterocycles. The predicted molar refractivity (Wildman–Crippen MR) is 87.4 cm³/mol. The Morgan fingerprint density at radius 2 is 1.90 bits per heavy atom. The number of hydrogen-bond acceptors (Lipinski definition) is 3. The highest BCUT2D eigenvalue weighted by Crippen LogP contribution is 2.22. The van der Waals surface area contributed by atoms with Crippen molar-refractivity contribution in [3.05, 3.63) is 58.1 Å². The molecule has 0 radical (unpaired) electrons. The molecule has 0 aliphatic rings. The molecule has 3 N–H and O–H groups in total. The molecule has 110 valence electrons. The standard InChI is InChI=1S/C16H17BrN2O2/c1-10(11-3-6-13(21-2)7-4-11)19-16(20)14-9-12(18)5-8-15(14)17/h3-10H,18H2,1-2H3,(H,19,20). The third-order valence-corrected chi connectivity index (χ3v) is 3.89. The fraction of sp³-hybridized carbons (Fsp3) is 0.188. The lowest BCUT2D eigenvalue weighted by Crippen LogP contribution is -2.27. The second-order valence-electron chi connectivity index (χ2n) is 4.71. The third kappa shape index (κ3) is 3.76. The topological polar surface area (TPSA) is 64.3 Å². The van der Waals surface area contributed by atoms with Crippen LogP contribution in [0.5, 0.6) is 5.75 Å². The van der Waals surface area contributed by atoms with Crippen LogP contribution in [0.3, 0.4) is 0 Å². The number of nitrogen functional groups attached to an aromatic ring is 1. The lowest BCUT2D eigenvalue weighted by molar-refractivity contribution is 0.0939. The Labute approximate surface area is 132 Å². The zero-order valence-corrected chi connectivity index (χ0v) is 13.5. The van der Waals surface area contributed by atoms with Gasteiger partial charge in [-0.05, 0) is 58.7 Å². The molecular weight excluding hydrogens is 332 g/mol. The molecule has 2 rings (SSSR count). The highest BCUT2D eigenvalue weighted by molar-refractivity contribution is 9.10. The number of methoxy groups -OCH3 is 1. The summed E-state index contributed by atoms with van der Waals surface area (Å²) in [6.45, 7) is 1.93. The second-order valence-corrected chi connectivity index (χ2v) is 5.56. The summed E-state index contributed by atoms with van der Waals surface area (Å²) in [7, 11) is 1.62. The van der Waals surface area contributed by atoms with Gasteiger partial charge in [0.15, 0.2) is 0 Å². The van der Waals surface area contributed by atoms with Gasteiger partial charge in [0.2, 0.25) is 0 Å². The second kappa shape index (κ2) is 6.63. The van der Waals surface area contributed by atoms with Crippen LogP contribution >= 0.6 is 15.9 Å². The summed E-state index contributed by atoms with van der Waals surface area (Å²) in [5.41, 5.74) is 7.81. The molecule has 0 bridgehead atoms. The van der Waals surface area contributed by atoms with Gasteiger partial charge in [-0.25, -0.2) is 0 Å². The zero-order chi connectivity index (χ0) is 15.4. The van der Waals surface area contributed by atoms with Crippen molar-refractivity contribution >= 4 is 27.5 Å². The van der Waals surface area contributed by atoms with E-state index >= 15 is 0 Å². The third-order valence-electron chi connectivity index (χ3n) is 3.20. The molecule has 2 aromatic carbocycles. The monoisotopic (exact) mass is 348 g/mol. The number of carbonyl (C=O) groups excluding carboxylic acids is 1. The number of ether oxygens (including phenoxy) is 1. The summed E-state index contributed by atoms with van der Waals surface area (Å²) in [5, 5.41) is 2.95. The van der Waals surface area contributed by atoms with E-state index in [-0.39, 0.29) is 11.9 Å². The maximum Gasteiger partial charge on any atom is 0.252 e. The Balaban J connectivity index is 2.12. The van der Waals surface area contributed by atoms with Gasteiger partial charge in [0.05, 0.1) is 18.7 Å². The van der Waals surface area contributed by atoms with Crippen LogP contribution in [0.2, 0.25) is 0 Å². The van der Waals surface area contributed by atoms with Crippen LogP contribution in [0.4, 0.5) is 5.69 Å². The van der Waals surface area contributed by atoms with Gasteiger partial charge in [-0.15, -0.1) is 0 Å². The molecule has 0 aliphatic heterocycles. The first-order chi connectivity index (χ1) is 10.0. The first-order valence-corrected chi connectivity index (χ1v) is 7.30. The van der Waals surface area contributed by atoms with Crippen LogP contribution in [0, 0.1) is 0 Å². The van der Waals surface area contributed by atoms with Crippen LogP contribution < -0.4 is 15.8 Å². The molecule has 0 aromatic heterocycles.